The first kappa shape index (κ1) is 32.3. The van der Waals surface area contributed by atoms with Crippen molar-refractivity contribution in [2.24, 2.45) is 17.8 Å². The molecule has 4 nitrogen and oxygen atoms in total. The molecule has 2 aliphatic rings. The molecule has 0 amide bonds. The van der Waals surface area contributed by atoms with Crippen LogP contribution in [-0.4, -0.2) is 15.0 Å². The van der Waals surface area contributed by atoms with Gasteiger partial charge in [0.2, 0.25) is 0 Å². The van der Waals surface area contributed by atoms with Crippen LogP contribution in [-0.2, 0) is 5.41 Å². The first-order valence-corrected chi connectivity index (χ1v) is 18.9. The van der Waals surface area contributed by atoms with Crippen LogP contribution in [0.25, 0.3) is 66.8 Å². The van der Waals surface area contributed by atoms with E-state index in [9.17, 15) is 5.26 Å². The van der Waals surface area contributed by atoms with E-state index in [0.717, 1.165) is 61.7 Å². The molecule has 4 heteroatoms. The van der Waals surface area contributed by atoms with Crippen LogP contribution in [0.1, 0.15) is 63.5 Å². The molecule has 0 aliphatic heterocycles. The lowest BCUT2D eigenvalue weighted by atomic mass is 9.54. The quantitative estimate of drug-likeness (QED) is 0.176. The van der Waals surface area contributed by atoms with Gasteiger partial charge in [-0.1, -0.05) is 123 Å². The van der Waals surface area contributed by atoms with E-state index in [-0.39, 0.29) is 5.41 Å². The Morgan fingerprint density at radius 2 is 1.25 bits per heavy atom. The van der Waals surface area contributed by atoms with E-state index < -0.39 is 0 Å². The Bertz CT molecular complexity index is 2470. The number of nitrogens with zero attached hydrogens (tertiary/aromatic N) is 4. The third kappa shape index (κ3) is 5.85. The van der Waals surface area contributed by atoms with Gasteiger partial charge >= 0.3 is 0 Å². The van der Waals surface area contributed by atoms with Gasteiger partial charge in [0, 0.05) is 16.7 Å². The van der Waals surface area contributed by atoms with Crippen LogP contribution in [0.4, 0.5) is 0 Å². The van der Waals surface area contributed by atoms with Crippen LogP contribution in [0, 0.1) is 29.1 Å². The van der Waals surface area contributed by atoms with E-state index in [4.69, 9.17) is 15.0 Å². The SMILES string of the molecule is CC[C@@H]1C[C@@H]2C[C@H](C)CC(c3ccc(-c4nc(-c5ccc6ccccc6c5)nc(-c5ccc(-c6ccc(C#N)cc6)c6ccccc56)n4)cc3)(C1)C2. The fraction of sp³-hybridized carbons (Fsp3) is 0.250. The highest BCUT2D eigenvalue weighted by Gasteiger charge is 2.45. The van der Waals surface area contributed by atoms with Crippen molar-refractivity contribution in [2.45, 2.75) is 57.8 Å². The van der Waals surface area contributed by atoms with Crippen LogP contribution in [0.2, 0.25) is 0 Å². The van der Waals surface area contributed by atoms with Crippen LogP contribution < -0.4 is 0 Å². The van der Waals surface area contributed by atoms with Crippen molar-refractivity contribution in [1.82, 2.24) is 15.0 Å². The largest absolute Gasteiger partial charge is 0.208 e. The molecule has 6 aromatic carbocycles. The molecule has 1 heterocycles. The topological polar surface area (TPSA) is 62.5 Å². The highest BCUT2D eigenvalue weighted by molar-refractivity contribution is 6.04. The van der Waals surface area contributed by atoms with Crippen LogP contribution in [0.5, 0.6) is 0 Å². The maximum atomic E-state index is 9.36. The van der Waals surface area contributed by atoms with Crippen LogP contribution >= 0.6 is 0 Å². The molecule has 2 bridgehead atoms. The van der Waals surface area contributed by atoms with Gasteiger partial charge in [-0.15, -0.1) is 0 Å². The maximum absolute atomic E-state index is 9.36. The van der Waals surface area contributed by atoms with Crippen LogP contribution in [0.3, 0.4) is 0 Å². The van der Waals surface area contributed by atoms with Gasteiger partial charge in [0.1, 0.15) is 0 Å². The zero-order chi connectivity index (χ0) is 35.2. The summed E-state index contributed by atoms with van der Waals surface area (Å²) in [5.41, 5.74) is 7.52. The summed E-state index contributed by atoms with van der Waals surface area (Å²) in [7, 11) is 0. The zero-order valence-corrected chi connectivity index (χ0v) is 29.9. The number of hydrogen-bond acceptors (Lipinski definition) is 4. The van der Waals surface area contributed by atoms with E-state index in [2.05, 4.69) is 123 Å². The van der Waals surface area contributed by atoms with Gasteiger partial charge in [0.15, 0.2) is 17.5 Å². The molecule has 1 unspecified atom stereocenters. The number of rotatable bonds is 6. The molecule has 7 aromatic rings. The van der Waals surface area contributed by atoms with Gasteiger partial charge < -0.3 is 0 Å². The number of fused-ring (bicyclic) bond motifs is 4. The summed E-state index contributed by atoms with van der Waals surface area (Å²) >= 11 is 0. The lowest BCUT2D eigenvalue weighted by Gasteiger charge is -2.51. The smallest absolute Gasteiger partial charge is 0.164 e. The number of nitriles is 1. The van der Waals surface area contributed by atoms with Crippen molar-refractivity contribution in [3.8, 4) is 51.4 Å². The van der Waals surface area contributed by atoms with Crippen molar-refractivity contribution in [3.05, 3.63) is 139 Å². The van der Waals surface area contributed by atoms with E-state index in [0.29, 0.717) is 23.0 Å². The molecule has 2 fully saturated rings. The van der Waals surface area contributed by atoms with Crippen molar-refractivity contribution in [2.75, 3.05) is 0 Å². The van der Waals surface area contributed by atoms with Gasteiger partial charge in [-0.3, -0.25) is 0 Å². The molecule has 0 saturated heterocycles. The minimum absolute atomic E-state index is 0.274. The molecule has 0 N–H and O–H groups in total. The Hall–Kier alpha value is -5.66. The van der Waals surface area contributed by atoms with Gasteiger partial charge in [-0.05, 0) is 118 Å². The average molecular weight is 675 g/mol. The summed E-state index contributed by atoms with van der Waals surface area (Å²) in [5.74, 6) is 4.43. The summed E-state index contributed by atoms with van der Waals surface area (Å²) in [6.45, 7) is 4.84. The second-order valence-corrected chi connectivity index (χ2v) is 15.5. The minimum Gasteiger partial charge on any atom is -0.208 e. The molecule has 0 radical (unpaired) electrons. The highest BCUT2D eigenvalue weighted by Crippen LogP contribution is 2.54. The highest BCUT2D eigenvalue weighted by atomic mass is 15.0. The maximum Gasteiger partial charge on any atom is 0.164 e. The molecule has 4 atom stereocenters. The van der Waals surface area contributed by atoms with Crippen molar-refractivity contribution < 1.29 is 0 Å². The Balaban J connectivity index is 1.17. The van der Waals surface area contributed by atoms with Gasteiger partial charge in [0.05, 0.1) is 11.6 Å². The Morgan fingerprint density at radius 1 is 0.615 bits per heavy atom. The normalized spacial score (nSPS) is 21.2. The predicted molar refractivity (Wildman–Crippen MR) is 212 cm³/mol. The van der Waals surface area contributed by atoms with E-state index in [1.165, 1.54) is 49.5 Å². The molecule has 2 saturated carbocycles. The number of benzene rings is 6. The lowest BCUT2D eigenvalue weighted by Crippen LogP contribution is -2.42. The minimum atomic E-state index is 0.274. The molecule has 254 valence electrons. The van der Waals surface area contributed by atoms with Crippen molar-refractivity contribution >= 4 is 21.5 Å². The first-order valence-electron chi connectivity index (χ1n) is 18.9. The first-order chi connectivity index (χ1) is 25.5. The molecule has 52 heavy (non-hydrogen) atoms. The monoisotopic (exact) mass is 674 g/mol. The van der Waals surface area contributed by atoms with Gasteiger partial charge in [-0.25, -0.2) is 15.0 Å². The van der Waals surface area contributed by atoms with Gasteiger partial charge in [-0.2, -0.15) is 5.26 Å². The third-order valence-corrected chi connectivity index (χ3v) is 12.0. The van der Waals surface area contributed by atoms with E-state index in [1.807, 2.05) is 24.3 Å². The standard InChI is InChI=1S/C48H42N4/c1-3-32-25-34-24-31(2)27-48(28-32,29-34)40-20-18-37(19-21-40)45-50-46(39-17-16-35-8-4-5-9-38(35)26-39)52-47(51-45)44-23-22-41(42-10-6-7-11-43(42)44)36-14-12-33(30-49)13-15-36/h4-23,26,31-32,34H,3,24-25,27-29H2,1-2H3/t31-,32+,34-,48?/m0/s1. The molecule has 2 aliphatic carbocycles. The van der Waals surface area contributed by atoms with Gasteiger partial charge in [0.25, 0.3) is 0 Å². The summed E-state index contributed by atoms with van der Waals surface area (Å²) in [6.07, 6.45) is 7.96. The molecular formula is C48H42N4. The number of aromatic nitrogens is 3. The Kier molecular flexibility index (Phi) is 8.16. The summed E-state index contributed by atoms with van der Waals surface area (Å²) in [6, 6.07) is 46.9. The Labute approximate surface area is 306 Å². The predicted octanol–water partition coefficient (Wildman–Crippen LogP) is 12.2. The van der Waals surface area contributed by atoms with Crippen LogP contribution in [0.15, 0.2) is 127 Å². The summed E-state index contributed by atoms with van der Waals surface area (Å²) < 4.78 is 0. The lowest BCUT2D eigenvalue weighted by molar-refractivity contribution is 0.0702. The molecule has 0 spiro atoms. The Morgan fingerprint density at radius 3 is 2.00 bits per heavy atom. The van der Waals surface area contributed by atoms with Crippen molar-refractivity contribution in [3.63, 3.8) is 0 Å². The van der Waals surface area contributed by atoms with E-state index in [1.54, 1.807) is 0 Å². The molecular weight excluding hydrogens is 633 g/mol. The zero-order valence-electron chi connectivity index (χ0n) is 29.9. The summed E-state index contributed by atoms with van der Waals surface area (Å²) in [5, 5.41) is 13.9. The van der Waals surface area contributed by atoms with E-state index >= 15 is 0 Å². The van der Waals surface area contributed by atoms with Crippen molar-refractivity contribution in [1.29, 1.82) is 5.26 Å². The molecule has 9 rings (SSSR count). The molecule has 1 aromatic heterocycles. The second-order valence-electron chi connectivity index (χ2n) is 15.5. The second kappa shape index (κ2) is 13.1. The number of hydrogen-bond donors (Lipinski definition) is 0. The average Bonchev–Trinajstić information content (AvgIpc) is 3.19. The summed E-state index contributed by atoms with van der Waals surface area (Å²) in [4.78, 5) is 15.6. The fourth-order valence-corrected chi connectivity index (χ4v) is 9.68. The third-order valence-electron chi connectivity index (χ3n) is 12.0. The fourth-order valence-electron chi connectivity index (χ4n) is 9.68.